The predicted molar refractivity (Wildman–Crippen MR) is 140 cm³/mol. The van der Waals surface area contributed by atoms with Crippen molar-refractivity contribution in [3.63, 3.8) is 0 Å². The Morgan fingerprint density at radius 3 is 2.47 bits per heavy atom. The molecule has 1 saturated heterocycles. The number of rotatable bonds is 7. The van der Waals surface area contributed by atoms with Crippen LogP contribution in [0.15, 0.2) is 66.7 Å². The minimum atomic E-state index is -1.14. The summed E-state index contributed by atoms with van der Waals surface area (Å²) in [5.74, 6) is 0.125. The van der Waals surface area contributed by atoms with E-state index < -0.39 is 11.3 Å². The van der Waals surface area contributed by atoms with E-state index in [1.165, 1.54) is 0 Å². The maximum atomic E-state index is 14.1. The van der Waals surface area contributed by atoms with Gasteiger partial charge in [-0.25, -0.2) is 0 Å². The molecule has 188 valence electrons. The van der Waals surface area contributed by atoms with E-state index in [2.05, 4.69) is 12.1 Å². The Labute approximate surface area is 217 Å². The molecular weight excluding hydrogens is 474 g/mol. The molecule has 2 aliphatic rings. The number of halogens is 1. The number of hydrogen-bond donors (Lipinski definition) is 1. The van der Waals surface area contributed by atoms with Gasteiger partial charge in [-0.3, -0.25) is 9.69 Å². The molecule has 5 nitrogen and oxygen atoms in total. The number of carbonyl (C=O) groups excluding carboxylic acids is 1. The van der Waals surface area contributed by atoms with Crippen LogP contribution in [0.5, 0.6) is 0 Å². The van der Waals surface area contributed by atoms with Crippen molar-refractivity contribution in [3.05, 3.63) is 105 Å². The van der Waals surface area contributed by atoms with Gasteiger partial charge in [0.1, 0.15) is 0 Å². The molecule has 36 heavy (non-hydrogen) atoms. The maximum absolute atomic E-state index is 14.1. The fraction of sp³-hybridized carbons (Fsp3) is 0.367. The Hall–Kier alpha value is -2.70. The van der Waals surface area contributed by atoms with E-state index in [1.807, 2.05) is 60.4 Å². The first-order chi connectivity index (χ1) is 17.2. The standard InChI is InChI=1S/C30H32ClNO4/c1-20-4-6-21(7-5-20)17-32-28(33)26-16-24(29(2,3)34)10-13-27(26)30(32,23-8-11-25(31)12-9-23)36-19-22-14-15-35-18-22/h4-13,16,22,34H,14-15,17-19H2,1-3H3/t22?,30-/m1/s1. The van der Waals surface area contributed by atoms with Crippen molar-refractivity contribution in [2.45, 2.75) is 45.1 Å². The third kappa shape index (κ3) is 4.57. The Kier molecular flexibility index (Phi) is 6.69. The number of benzene rings is 3. The van der Waals surface area contributed by atoms with Gasteiger partial charge in [0.15, 0.2) is 5.72 Å². The van der Waals surface area contributed by atoms with Gasteiger partial charge in [0, 0.05) is 40.8 Å². The molecule has 0 aromatic heterocycles. The summed E-state index contributed by atoms with van der Waals surface area (Å²) in [6.45, 7) is 7.68. The van der Waals surface area contributed by atoms with Crippen molar-refractivity contribution in [3.8, 4) is 0 Å². The van der Waals surface area contributed by atoms with Gasteiger partial charge in [-0.15, -0.1) is 0 Å². The summed E-state index contributed by atoms with van der Waals surface area (Å²) in [6, 6.07) is 21.3. The minimum Gasteiger partial charge on any atom is -0.386 e. The highest BCUT2D eigenvalue weighted by molar-refractivity contribution is 6.30. The lowest BCUT2D eigenvalue weighted by atomic mass is 9.89. The zero-order chi connectivity index (χ0) is 25.5. The molecule has 1 fully saturated rings. The van der Waals surface area contributed by atoms with Crippen LogP contribution in [0.3, 0.4) is 0 Å². The van der Waals surface area contributed by atoms with E-state index in [9.17, 15) is 9.90 Å². The first-order valence-electron chi connectivity index (χ1n) is 12.4. The monoisotopic (exact) mass is 505 g/mol. The number of carbonyl (C=O) groups is 1. The van der Waals surface area contributed by atoms with Crippen molar-refractivity contribution >= 4 is 17.5 Å². The summed E-state index contributed by atoms with van der Waals surface area (Å²) < 4.78 is 12.4. The van der Waals surface area contributed by atoms with Crippen LogP contribution in [-0.2, 0) is 27.3 Å². The normalized spacial score (nSPS) is 21.8. The van der Waals surface area contributed by atoms with E-state index in [1.54, 1.807) is 19.9 Å². The molecule has 3 aromatic rings. The number of ether oxygens (including phenoxy) is 2. The molecule has 1 N–H and O–H groups in total. The fourth-order valence-corrected chi connectivity index (χ4v) is 5.20. The third-order valence-corrected chi connectivity index (χ3v) is 7.45. The Morgan fingerprint density at radius 1 is 1.11 bits per heavy atom. The number of hydrogen-bond acceptors (Lipinski definition) is 4. The maximum Gasteiger partial charge on any atom is 0.257 e. The zero-order valence-corrected chi connectivity index (χ0v) is 21.7. The van der Waals surface area contributed by atoms with Gasteiger partial charge in [-0.2, -0.15) is 0 Å². The van der Waals surface area contributed by atoms with E-state index in [4.69, 9.17) is 21.1 Å². The predicted octanol–water partition coefficient (Wildman–Crippen LogP) is 5.79. The highest BCUT2D eigenvalue weighted by Crippen LogP contribution is 2.47. The van der Waals surface area contributed by atoms with Gasteiger partial charge >= 0.3 is 0 Å². The van der Waals surface area contributed by atoms with Crippen LogP contribution >= 0.6 is 11.6 Å². The van der Waals surface area contributed by atoms with Gasteiger partial charge < -0.3 is 14.6 Å². The van der Waals surface area contributed by atoms with Crippen molar-refractivity contribution in [2.24, 2.45) is 5.92 Å². The van der Waals surface area contributed by atoms with E-state index in [0.717, 1.165) is 35.3 Å². The van der Waals surface area contributed by atoms with E-state index in [-0.39, 0.29) is 11.8 Å². The summed E-state index contributed by atoms with van der Waals surface area (Å²) in [5, 5.41) is 11.3. The zero-order valence-electron chi connectivity index (χ0n) is 21.0. The molecule has 0 saturated carbocycles. The highest BCUT2D eigenvalue weighted by Gasteiger charge is 2.52. The van der Waals surface area contributed by atoms with Crippen molar-refractivity contribution < 1.29 is 19.4 Å². The second-order valence-electron chi connectivity index (χ2n) is 10.4. The van der Waals surface area contributed by atoms with Crippen LogP contribution in [-0.4, -0.2) is 35.7 Å². The number of nitrogens with zero attached hydrogens (tertiary/aromatic N) is 1. The summed E-state index contributed by atoms with van der Waals surface area (Å²) in [7, 11) is 0. The van der Waals surface area contributed by atoms with Crippen LogP contribution in [0, 0.1) is 12.8 Å². The molecule has 0 aliphatic carbocycles. The van der Waals surface area contributed by atoms with Crippen LogP contribution in [0.25, 0.3) is 0 Å². The van der Waals surface area contributed by atoms with Crippen molar-refractivity contribution in [1.29, 1.82) is 0 Å². The molecule has 0 bridgehead atoms. The van der Waals surface area contributed by atoms with Crippen molar-refractivity contribution in [1.82, 2.24) is 4.90 Å². The number of aryl methyl sites for hydroxylation is 1. The molecule has 2 atom stereocenters. The summed E-state index contributed by atoms with van der Waals surface area (Å²) in [5.41, 5.74) is 2.78. The Balaban J connectivity index is 1.68. The molecule has 1 unspecified atom stereocenters. The quantitative estimate of drug-likeness (QED) is 0.442. The lowest BCUT2D eigenvalue weighted by Gasteiger charge is -2.40. The van der Waals surface area contributed by atoms with E-state index >= 15 is 0 Å². The summed E-state index contributed by atoms with van der Waals surface area (Å²) >= 11 is 6.26. The van der Waals surface area contributed by atoms with Gasteiger partial charge in [-0.05, 0) is 56.5 Å². The molecule has 2 heterocycles. The smallest absolute Gasteiger partial charge is 0.257 e. The molecule has 2 aliphatic heterocycles. The van der Waals surface area contributed by atoms with Crippen LogP contribution < -0.4 is 0 Å². The number of aliphatic hydroxyl groups is 1. The third-order valence-electron chi connectivity index (χ3n) is 7.20. The largest absolute Gasteiger partial charge is 0.386 e. The van der Waals surface area contributed by atoms with Gasteiger partial charge in [0.25, 0.3) is 5.91 Å². The average molecular weight is 506 g/mol. The summed E-state index contributed by atoms with van der Waals surface area (Å²) in [6.07, 6.45) is 0.924. The van der Waals surface area contributed by atoms with Gasteiger partial charge in [0.05, 0.1) is 18.8 Å². The molecule has 0 spiro atoms. The van der Waals surface area contributed by atoms with E-state index in [0.29, 0.717) is 35.9 Å². The first-order valence-corrected chi connectivity index (χ1v) is 12.8. The molecule has 5 rings (SSSR count). The molecular formula is C30H32ClNO4. The Bertz CT molecular complexity index is 1240. The van der Waals surface area contributed by atoms with Gasteiger partial charge in [0.2, 0.25) is 0 Å². The number of amides is 1. The van der Waals surface area contributed by atoms with Gasteiger partial charge in [-0.1, -0.05) is 65.7 Å². The first kappa shape index (κ1) is 25.0. The average Bonchev–Trinajstić information content (AvgIpc) is 3.45. The second-order valence-corrected chi connectivity index (χ2v) is 10.8. The van der Waals surface area contributed by atoms with Crippen molar-refractivity contribution in [2.75, 3.05) is 19.8 Å². The second kappa shape index (κ2) is 9.64. The molecule has 6 heteroatoms. The Morgan fingerprint density at radius 2 is 1.83 bits per heavy atom. The SMILES string of the molecule is Cc1ccc(CN2C(=O)c3cc(C(C)(C)O)ccc3[C@]2(OCC2CCOC2)c2ccc(Cl)cc2)cc1. The van der Waals surface area contributed by atoms with Crippen LogP contribution in [0.2, 0.25) is 5.02 Å². The van der Waals surface area contributed by atoms with Crippen LogP contribution in [0.4, 0.5) is 0 Å². The molecule has 3 aromatic carbocycles. The lowest BCUT2D eigenvalue weighted by Crippen LogP contribution is -2.47. The fourth-order valence-electron chi connectivity index (χ4n) is 5.07. The molecule has 1 amide bonds. The number of fused-ring (bicyclic) bond motifs is 1. The highest BCUT2D eigenvalue weighted by atomic mass is 35.5. The summed E-state index contributed by atoms with van der Waals surface area (Å²) in [4.78, 5) is 15.9. The van der Waals surface area contributed by atoms with Crippen LogP contribution in [0.1, 0.15) is 58.4 Å². The topological polar surface area (TPSA) is 59.0 Å². The minimum absolute atomic E-state index is 0.130. The molecule has 0 radical (unpaired) electrons. The lowest BCUT2D eigenvalue weighted by molar-refractivity contribution is -0.121.